The minimum atomic E-state index is -2.48. The third-order valence-corrected chi connectivity index (χ3v) is 32.1. The molecule has 4 aromatic carbocycles. The van der Waals surface area contributed by atoms with Gasteiger partial charge in [0.15, 0.2) is 16.6 Å². The summed E-state index contributed by atoms with van der Waals surface area (Å²) in [5, 5.41) is 18.1. The molecule has 8 nitrogen and oxygen atoms in total. The van der Waals surface area contributed by atoms with Gasteiger partial charge in [0.2, 0.25) is 0 Å². The van der Waals surface area contributed by atoms with E-state index < -0.39 is 42.3 Å². The van der Waals surface area contributed by atoms with Crippen LogP contribution >= 0.6 is 0 Å². The first kappa shape index (κ1) is 59.9. The monoisotopic (exact) mass is 1050 g/mol. The van der Waals surface area contributed by atoms with E-state index in [9.17, 15) is 0 Å². The second-order valence-corrected chi connectivity index (χ2v) is 41.8. The van der Waals surface area contributed by atoms with E-state index in [-0.39, 0.29) is 0 Å². The highest BCUT2D eigenvalue weighted by Gasteiger charge is 2.45. The Kier molecular flexibility index (Phi) is 25.8. The molecule has 0 saturated carbocycles. The maximum atomic E-state index is 9.03. The Morgan fingerprint density at radius 1 is 0.310 bits per heavy atom. The number of nitrogens with zero attached hydrogens (tertiary/aromatic N) is 2. The molecule has 71 heavy (non-hydrogen) atoms. The van der Waals surface area contributed by atoms with Crippen LogP contribution < -0.4 is 9.47 Å². The Balaban J connectivity index is 0.965. The van der Waals surface area contributed by atoms with Crippen LogP contribution in [0.25, 0.3) is 22.3 Å². The zero-order chi connectivity index (χ0) is 51.6. The predicted molar refractivity (Wildman–Crippen MR) is 309 cm³/mol. The molecule has 388 valence electrons. The molecule has 0 radical (unpaired) electrons. The van der Waals surface area contributed by atoms with Crippen LogP contribution in [0.1, 0.15) is 127 Å². The van der Waals surface area contributed by atoms with Gasteiger partial charge in [0.25, 0.3) is 0 Å². The topological polar surface area (TPSA) is 103 Å². The van der Waals surface area contributed by atoms with Gasteiger partial charge in [-0.1, -0.05) is 151 Å². The molecule has 0 amide bonds. The fourth-order valence-electron chi connectivity index (χ4n) is 9.80. The molecule has 0 atom stereocenters. The van der Waals surface area contributed by atoms with Gasteiger partial charge in [-0.2, -0.15) is 10.5 Å². The van der Waals surface area contributed by atoms with Crippen molar-refractivity contribution in [1.29, 1.82) is 10.5 Å². The van der Waals surface area contributed by atoms with Gasteiger partial charge >= 0.3 is 25.7 Å². The molecule has 0 heterocycles. The number of benzene rings is 4. The Morgan fingerprint density at radius 2 is 0.549 bits per heavy atom. The van der Waals surface area contributed by atoms with E-state index in [1.54, 1.807) is 0 Å². The fraction of sp³-hybridized carbons (Fsp3) is 0.552. The molecule has 0 saturated heterocycles. The molecule has 4 rings (SSSR count). The molecule has 0 aromatic heterocycles. The standard InChI is InChI=1S/C58H90N2O6Si5/c1-67(2,47-27-23-19-15-11-13-17-21-25-45-61-57-41-37-55(38-42-57)53-33-29-51(49-59)30-34-53)63-69(5,6)65-71(9,10)66-70(7,8)64-68(3,4)48-28-24-20-16-12-14-18-22-26-46-62-58-43-39-56(40-44-58)54-35-31-52(50-60)32-36-54/h29-44H,11-28,45-48H2,1-10H3. The van der Waals surface area contributed by atoms with Crippen LogP contribution in [0.15, 0.2) is 97.1 Å². The normalized spacial score (nSPS) is 12.4. The second kappa shape index (κ2) is 30.5. The predicted octanol–water partition coefficient (Wildman–Crippen LogP) is 17.8. The summed E-state index contributed by atoms with van der Waals surface area (Å²) in [7, 11) is -11.0. The summed E-state index contributed by atoms with van der Waals surface area (Å²) in [5.74, 6) is 1.83. The Labute approximate surface area is 436 Å². The van der Waals surface area contributed by atoms with Gasteiger partial charge in [-0.15, -0.1) is 0 Å². The fourth-order valence-corrected chi connectivity index (χ4v) is 34.6. The summed E-state index contributed by atoms with van der Waals surface area (Å²) in [6.45, 7) is 24.2. The molecule has 0 N–H and O–H groups in total. The van der Waals surface area contributed by atoms with E-state index in [4.69, 9.17) is 36.5 Å². The number of hydrogen-bond donors (Lipinski definition) is 0. The van der Waals surface area contributed by atoms with Gasteiger partial charge in [0.1, 0.15) is 11.5 Å². The molecule has 13 heteroatoms. The first-order valence-electron chi connectivity index (χ1n) is 27.1. The number of unbranched alkanes of at least 4 members (excludes halogenated alkanes) is 16. The average Bonchev–Trinajstić information content (AvgIpc) is 3.31. The second-order valence-electron chi connectivity index (χ2n) is 22.1. The molecule has 4 aromatic rings. The van der Waals surface area contributed by atoms with Crippen molar-refractivity contribution in [3.63, 3.8) is 0 Å². The van der Waals surface area contributed by atoms with E-state index in [0.717, 1.165) is 59.8 Å². The van der Waals surface area contributed by atoms with Crippen LogP contribution in [0, 0.1) is 22.7 Å². The minimum Gasteiger partial charge on any atom is -0.494 e. The van der Waals surface area contributed by atoms with Crippen LogP contribution in [0.3, 0.4) is 0 Å². The van der Waals surface area contributed by atoms with E-state index in [1.807, 2.05) is 72.8 Å². The lowest BCUT2D eigenvalue weighted by Gasteiger charge is -2.42. The molecule has 0 unspecified atom stereocenters. The van der Waals surface area contributed by atoms with E-state index in [0.29, 0.717) is 11.1 Å². The Morgan fingerprint density at radius 3 is 0.831 bits per heavy atom. The molecular weight excluding hydrogens is 961 g/mol. The van der Waals surface area contributed by atoms with Crippen molar-refractivity contribution in [1.82, 2.24) is 0 Å². The van der Waals surface area contributed by atoms with Gasteiger partial charge in [0, 0.05) is 0 Å². The first-order chi connectivity index (χ1) is 33.8. The average molecular weight is 1050 g/mol. The van der Waals surface area contributed by atoms with Crippen LogP contribution in [0.2, 0.25) is 77.6 Å². The molecule has 0 aliphatic carbocycles. The SMILES string of the molecule is C[Si](C)(CCCCCCCCCCCOc1ccc(-c2ccc(C#N)cc2)cc1)O[Si](C)(C)O[Si](C)(C)O[Si](C)(C)O[Si](C)(C)CCCCCCCCCCCOc1ccc(-c2ccc(C#N)cc2)cc1. The maximum Gasteiger partial charge on any atom is 0.314 e. The van der Waals surface area contributed by atoms with Crippen molar-refractivity contribution in [2.45, 2.75) is 193 Å². The Hall–Kier alpha value is -3.62. The molecule has 0 aliphatic heterocycles. The minimum absolute atomic E-state index is 0.679. The van der Waals surface area contributed by atoms with Crippen LogP contribution in [0.4, 0.5) is 0 Å². The quantitative estimate of drug-likeness (QED) is 0.0328. The smallest absolute Gasteiger partial charge is 0.314 e. The zero-order valence-corrected chi connectivity index (χ0v) is 50.6. The van der Waals surface area contributed by atoms with Crippen molar-refractivity contribution in [2.24, 2.45) is 0 Å². The number of rotatable bonds is 36. The summed E-state index contributed by atoms with van der Waals surface area (Å²) in [4.78, 5) is 0. The Bertz CT molecular complexity index is 2030. The van der Waals surface area contributed by atoms with Gasteiger partial charge < -0.3 is 25.9 Å². The molecular formula is C58H90N2O6Si5. The summed E-state index contributed by atoms with van der Waals surface area (Å²) >= 11 is 0. The lowest BCUT2D eigenvalue weighted by Crippen LogP contribution is -2.58. The van der Waals surface area contributed by atoms with Crippen molar-refractivity contribution in [3.8, 4) is 45.9 Å². The van der Waals surface area contributed by atoms with E-state index in [1.165, 1.54) is 115 Å². The molecule has 0 fully saturated rings. The van der Waals surface area contributed by atoms with Gasteiger partial charge in [0.05, 0.1) is 36.5 Å². The number of hydrogen-bond acceptors (Lipinski definition) is 8. The van der Waals surface area contributed by atoms with Crippen molar-refractivity contribution in [3.05, 3.63) is 108 Å². The van der Waals surface area contributed by atoms with Crippen molar-refractivity contribution in [2.75, 3.05) is 13.2 Å². The summed E-state index contributed by atoms with van der Waals surface area (Å²) < 4.78 is 39.7. The third kappa shape index (κ3) is 25.3. The van der Waals surface area contributed by atoms with E-state index in [2.05, 4.69) is 102 Å². The van der Waals surface area contributed by atoms with Gasteiger partial charge in [-0.25, -0.2) is 0 Å². The highest BCUT2D eigenvalue weighted by atomic mass is 28.5. The lowest BCUT2D eigenvalue weighted by molar-refractivity contribution is 0.297. The van der Waals surface area contributed by atoms with Crippen molar-refractivity contribution >= 4 is 42.3 Å². The number of ether oxygens (including phenoxy) is 2. The molecule has 0 spiro atoms. The van der Waals surface area contributed by atoms with Crippen LogP contribution in [-0.4, -0.2) is 55.5 Å². The van der Waals surface area contributed by atoms with Gasteiger partial charge in [-0.05, 0) is 161 Å². The van der Waals surface area contributed by atoms with Crippen molar-refractivity contribution < 1.29 is 25.9 Å². The summed E-state index contributed by atoms with van der Waals surface area (Å²) in [6, 6.07) is 38.6. The molecule has 0 bridgehead atoms. The lowest BCUT2D eigenvalue weighted by atomic mass is 10.0. The van der Waals surface area contributed by atoms with Crippen LogP contribution in [0.5, 0.6) is 11.5 Å². The van der Waals surface area contributed by atoms with Crippen LogP contribution in [-0.2, 0) is 16.5 Å². The van der Waals surface area contributed by atoms with Gasteiger partial charge in [-0.3, -0.25) is 0 Å². The zero-order valence-electron chi connectivity index (χ0n) is 45.6. The molecule has 0 aliphatic rings. The highest BCUT2D eigenvalue weighted by molar-refractivity contribution is 6.90. The number of nitriles is 2. The largest absolute Gasteiger partial charge is 0.494 e. The van der Waals surface area contributed by atoms with E-state index >= 15 is 0 Å². The first-order valence-corrected chi connectivity index (χ1v) is 41.7. The summed E-state index contributed by atoms with van der Waals surface area (Å²) in [5.41, 5.74) is 5.83. The maximum absolute atomic E-state index is 9.03. The highest BCUT2D eigenvalue weighted by Crippen LogP contribution is 2.30. The third-order valence-electron chi connectivity index (χ3n) is 12.8. The summed E-state index contributed by atoms with van der Waals surface area (Å²) in [6.07, 6.45) is 22.6.